The molecule has 0 aliphatic carbocycles. The van der Waals surface area contributed by atoms with Gasteiger partial charge in [0, 0.05) is 24.1 Å². The molecule has 0 spiro atoms. The zero-order valence-electron chi connectivity index (χ0n) is 10.5. The fourth-order valence-electron chi connectivity index (χ4n) is 1.80. The largest absolute Gasteiger partial charge is 0.508 e. The van der Waals surface area contributed by atoms with E-state index in [0.717, 1.165) is 13.2 Å². The molecule has 0 saturated carbocycles. The van der Waals surface area contributed by atoms with Crippen molar-refractivity contribution < 1.29 is 29.3 Å². The van der Waals surface area contributed by atoms with Crippen LogP contribution >= 0.6 is 0 Å². The number of hydrogen-bond donors (Lipinski definition) is 3. The summed E-state index contributed by atoms with van der Waals surface area (Å²) in [5.41, 5.74) is -0.759. The van der Waals surface area contributed by atoms with E-state index in [-0.39, 0.29) is 34.5 Å². The third kappa shape index (κ3) is 2.57. The Balaban J connectivity index is 2.48. The number of hydrogen-bond acceptors (Lipinski definition) is 7. The molecule has 0 fully saturated rings. The van der Waals surface area contributed by atoms with E-state index < -0.39 is 17.7 Å². The van der Waals surface area contributed by atoms with Crippen LogP contribution in [0.2, 0.25) is 0 Å². The Morgan fingerprint density at radius 2 is 2.05 bits per heavy atom. The molecule has 0 aliphatic rings. The zero-order valence-corrected chi connectivity index (χ0v) is 10.5. The standard InChI is InChI=1S/C13H12O7/c1-19-13(18)10(16)3-6-2-8-9(15)4-7(14)5-11(8)20-12(6)17/h2,4-5,10,14-16H,3H2,1H3/t10-/m0/s1. The Kier molecular flexibility index (Phi) is 3.62. The maximum atomic E-state index is 11.7. The van der Waals surface area contributed by atoms with E-state index in [1.54, 1.807) is 0 Å². The number of methoxy groups -OCH3 is 1. The summed E-state index contributed by atoms with van der Waals surface area (Å²) in [5.74, 6) is -1.41. The molecule has 0 unspecified atom stereocenters. The van der Waals surface area contributed by atoms with Crippen LogP contribution in [-0.4, -0.2) is 34.5 Å². The molecule has 0 saturated heterocycles. The summed E-state index contributed by atoms with van der Waals surface area (Å²) >= 11 is 0. The number of aliphatic hydroxyl groups excluding tert-OH is 1. The van der Waals surface area contributed by atoms with Crippen molar-refractivity contribution in [3.05, 3.63) is 34.2 Å². The first kappa shape index (κ1) is 13.9. The van der Waals surface area contributed by atoms with Crippen LogP contribution in [-0.2, 0) is 16.0 Å². The topological polar surface area (TPSA) is 117 Å². The van der Waals surface area contributed by atoms with Gasteiger partial charge in [0.2, 0.25) is 0 Å². The molecule has 1 heterocycles. The average Bonchev–Trinajstić information content (AvgIpc) is 2.39. The number of aliphatic hydroxyl groups is 1. The lowest BCUT2D eigenvalue weighted by Crippen LogP contribution is -2.26. The summed E-state index contributed by atoms with van der Waals surface area (Å²) < 4.78 is 9.28. The van der Waals surface area contributed by atoms with Gasteiger partial charge in [0.25, 0.3) is 0 Å². The molecule has 7 nitrogen and oxygen atoms in total. The third-order valence-electron chi connectivity index (χ3n) is 2.77. The summed E-state index contributed by atoms with van der Waals surface area (Å²) in [6.07, 6.45) is -1.80. The van der Waals surface area contributed by atoms with Crippen LogP contribution < -0.4 is 5.63 Å². The fraction of sp³-hybridized carbons (Fsp3) is 0.231. The van der Waals surface area contributed by atoms with Crippen LogP contribution in [0.15, 0.2) is 27.4 Å². The van der Waals surface area contributed by atoms with Crippen molar-refractivity contribution in [3.8, 4) is 11.5 Å². The van der Waals surface area contributed by atoms with Crippen LogP contribution in [0, 0.1) is 0 Å². The van der Waals surface area contributed by atoms with Crippen molar-refractivity contribution in [1.29, 1.82) is 0 Å². The Hall–Kier alpha value is -2.54. The maximum Gasteiger partial charge on any atom is 0.339 e. The van der Waals surface area contributed by atoms with Crippen LogP contribution in [0.25, 0.3) is 11.0 Å². The van der Waals surface area contributed by atoms with Crippen molar-refractivity contribution in [2.24, 2.45) is 0 Å². The van der Waals surface area contributed by atoms with Crippen LogP contribution in [0.1, 0.15) is 5.56 Å². The van der Waals surface area contributed by atoms with E-state index in [1.165, 1.54) is 12.1 Å². The number of phenolic OH excluding ortho intramolecular Hbond substituents is 2. The van der Waals surface area contributed by atoms with Gasteiger partial charge in [0.15, 0.2) is 6.10 Å². The number of esters is 1. The maximum absolute atomic E-state index is 11.7. The second-order valence-electron chi connectivity index (χ2n) is 4.18. The Morgan fingerprint density at radius 1 is 1.35 bits per heavy atom. The lowest BCUT2D eigenvalue weighted by molar-refractivity contribution is -0.150. The van der Waals surface area contributed by atoms with Crippen molar-refractivity contribution in [1.82, 2.24) is 0 Å². The summed E-state index contributed by atoms with van der Waals surface area (Å²) in [7, 11) is 1.11. The van der Waals surface area contributed by atoms with Gasteiger partial charge in [-0.2, -0.15) is 0 Å². The van der Waals surface area contributed by atoms with E-state index in [9.17, 15) is 24.9 Å². The number of rotatable bonds is 3. The van der Waals surface area contributed by atoms with Gasteiger partial charge in [-0.25, -0.2) is 9.59 Å². The summed E-state index contributed by atoms with van der Waals surface area (Å²) in [6.45, 7) is 0. The molecule has 106 valence electrons. The van der Waals surface area contributed by atoms with Crippen molar-refractivity contribution in [3.63, 3.8) is 0 Å². The lowest BCUT2D eigenvalue weighted by Gasteiger charge is -2.08. The van der Waals surface area contributed by atoms with Crippen LogP contribution in [0.5, 0.6) is 11.5 Å². The smallest absolute Gasteiger partial charge is 0.339 e. The predicted molar refractivity (Wildman–Crippen MR) is 67.5 cm³/mol. The molecule has 3 N–H and O–H groups in total. The minimum absolute atomic E-state index is 0.00353. The van der Waals surface area contributed by atoms with Gasteiger partial charge in [0.1, 0.15) is 17.1 Å². The van der Waals surface area contributed by atoms with Crippen LogP contribution in [0.4, 0.5) is 0 Å². The SMILES string of the molecule is COC(=O)[C@@H](O)Cc1cc2c(O)cc(O)cc2oc1=O. The molecular weight excluding hydrogens is 268 g/mol. The van der Waals surface area contributed by atoms with Crippen molar-refractivity contribution in [2.45, 2.75) is 12.5 Å². The second-order valence-corrected chi connectivity index (χ2v) is 4.18. The Labute approximate surface area is 112 Å². The molecule has 0 bridgehead atoms. The first-order valence-electron chi connectivity index (χ1n) is 5.67. The monoisotopic (exact) mass is 280 g/mol. The van der Waals surface area contributed by atoms with E-state index in [0.29, 0.717) is 0 Å². The normalized spacial score (nSPS) is 12.3. The minimum Gasteiger partial charge on any atom is -0.508 e. The quantitative estimate of drug-likeness (QED) is 0.546. The molecule has 0 radical (unpaired) electrons. The Bertz CT molecular complexity index is 716. The minimum atomic E-state index is -1.50. The van der Waals surface area contributed by atoms with Gasteiger partial charge < -0.3 is 24.5 Å². The molecule has 0 aliphatic heterocycles. The first-order valence-corrected chi connectivity index (χ1v) is 5.67. The highest BCUT2D eigenvalue weighted by molar-refractivity contribution is 5.85. The first-order chi connectivity index (χ1) is 9.42. The molecule has 1 aromatic carbocycles. The molecular formula is C13H12O7. The number of ether oxygens (including phenoxy) is 1. The highest BCUT2D eigenvalue weighted by atomic mass is 16.5. The van der Waals surface area contributed by atoms with Gasteiger partial charge in [-0.1, -0.05) is 0 Å². The number of benzene rings is 1. The molecule has 1 atom stereocenters. The van der Waals surface area contributed by atoms with Gasteiger partial charge in [-0.05, 0) is 6.07 Å². The highest BCUT2D eigenvalue weighted by Crippen LogP contribution is 2.29. The number of fused-ring (bicyclic) bond motifs is 1. The van der Waals surface area contributed by atoms with E-state index in [1.807, 2.05) is 0 Å². The molecule has 7 heteroatoms. The number of aromatic hydroxyl groups is 2. The molecule has 2 aromatic rings. The number of phenols is 2. The van der Waals surface area contributed by atoms with Crippen molar-refractivity contribution >= 4 is 16.9 Å². The predicted octanol–water partition coefficient (Wildman–Crippen LogP) is 0.281. The zero-order chi connectivity index (χ0) is 14.9. The molecule has 2 rings (SSSR count). The molecule has 0 amide bonds. The number of carbonyl (C=O) groups is 1. The van der Waals surface area contributed by atoms with Crippen LogP contribution in [0.3, 0.4) is 0 Å². The van der Waals surface area contributed by atoms with E-state index >= 15 is 0 Å². The fourth-order valence-corrected chi connectivity index (χ4v) is 1.80. The Morgan fingerprint density at radius 3 is 2.70 bits per heavy atom. The average molecular weight is 280 g/mol. The number of carbonyl (C=O) groups excluding carboxylic acids is 1. The summed E-state index contributed by atoms with van der Waals surface area (Å²) in [4.78, 5) is 22.8. The summed E-state index contributed by atoms with van der Waals surface area (Å²) in [5, 5.41) is 28.7. The highest BCUT2D eigenvalue weighted by Gasteiger charge is 2.19. The van der Waals surface area contributed by atoms with E-state index in [2.05, 4.69) is 4.74 Å². The van der Waals surface area contributed by atoms with Gasteiger partial charge >= 0.3 is 11.6 Å². The van der Waals surface area contributed by atoms with Crippen molar-refractivity contribution in [2.75, 3.05) is 7.11 Å². The second kappa shape index (κ2) is 5.22. The molecule has 1 aromatic heterocycles. The third-order valence-corrected chi connectivity index (χ3v) is 2.77. The van der Waals surface area contributed by atoms with E-state index in [4.69, 9.17) is 4.42 Å². The van der Waals surface area contributed by atoms with Gasteiger partial charge in [0.05, 0.1) is 12.5 Å². The van der Waals surface area contributed by atoms with Gasteiger partial charge in [-0.15, -0.1) is 0 Å². The summed E-state index contributed by atoms with van der Waals surface area (Å²) in [6, 6.07) is 3.56. The lowest BCUT2D eigenvalue weighted by atomic mass is 10.1. The van der Waals surface area contributed by atoms with Gasteiger partial charge in [-0.3, -0.25) is 0 Å². The molecule has 20 heavy (non-hydrogen) atoms.